The van der Waals surface area contributed by atoms with Crippen LogP contribution in [0.2, 0.25) is 5.02 Å². The van der Waals surface area contributed by atoms with Crippen molar-refractivity contribution in [3.63, 3.8) is 0 Å². The lowest BCUT2D eigenvalue weighted by Gasteiger charge is -2.31. The number of anilines is 2. The molecule has 1 aliphatic heterocycles. The van der Waals surface area contributed by atoms with Gasteiger partial charge in [-0.1, -0.05) is 23.7 Å². The van der Waals surface area contributed by atoms with Crippen LogP contribution in [0.1, 0.15) is 31.9 Å². The van der Waals surface area contributed by atoms with Gasteiger partial charge in [-0.05, 0) is 69.8 Å². The van der Waals surface area contributed by atoms with Gasteiger partial charge < -0.3 is 5.32 Å². The van der Waals surface area contributed by atoms with Gasteiger partial charge >= 0.3 is 10.2 Å². The van der Waals surface area contributed by atoms with Crippen LogP contribution in [-0.4, -0.2) is 28.1 Å². The normalized spacial score (nSPS) is 16.7. The molecular formula is C19H23ClFN3O2S. The van der Waals surface area contributed by atoms with Crippen LogP contribution in [0.5, 0.6) is 0 Å². The molecule has 1 aliphatic rings. The van der Waals surface area contributed by atoms with Crippen molar-refractivity contribution in [3.05, 3.63) is 58.9 Å². The van der Waals surface area contributed by atoms with Gasteiger partial charge in [-0.25, -0.2) is 13.0 Å². The minimum Gasteiger partial charge on any atom is -0.320 e. The maximum atomic E-state index is 14.0. The number of nitrogens with zero attached hydrogens (tertiary/aromatic N) is 2. The molecule has 0 bridgehead atoms. The molecule has 0 aliphatic carbocycles. The predicted octanol–water partition coefficient (Wildman–Crippen LogP) is 4.11. The molecule has 1 unspecified atom stereocenters. The number of fused-ring (bicyclic) bond motifs is 1. The van der Waals surface area contributed by atoms with Gasteiger partial charge in [-0.2, -0.15) is 8.42 Å². The van der Waals surface area contributed by atoms with E-state index in [2.05, 4.69) is 5.32 Å². The number of nitrogens with one attached hydrogen (secondary N) is 1. The summed E-state index contributed by atoms with van der Waals surface area (Å²) < 4.78 is 43.7. The molecule has 146 valence electrons. The smallest absolute Gasteiger partial charge is 0.320 e. The van der Waals surface area contributed by atoms with E-state index in [1.807, 2.05) is 19.9 Å². The first-order valence-electron chi connectivity index (χ1n) is 8.80. The zero-order chi connectivity index (χ0) is 19.8. The van der Waals surface area contributed by atoms with Gasteiger partial charge in [-0.15, -0.1) is 0 Å². The van der Waals surface area contributed by atoms with Crippen LogP contribution >= 0.6 is 11.6 Å². The van der Waals surface area contributed by atoms with Crippen LogP contribution in [-0.2, 0) is 10.2 Å². The minimum absolute atomic E-state index is 0.241. The van der Waals surface area contributed by atoms with Gasteiger partial charge in [-0.3, -0.25) is 0 Å². The molecule has 2 aromatic rings. The summed E-state index contributed by atoms with van der Waals surface area (Å²) in [6.45, 7) is 4.23. The first-order valence-corrected chi connectivity index (χ1v) is 10.6. The molecule has 8 heteroatoms. The third-order valence-corrected chi connectivity index (χ3v) is 6.83. The Morgan fingerprint density at radius 1 is 1.11 bits per heavy atom. The molecular weight excluding hydrogens is 389 g/mol. The average Bonchev–Trinajstić information content (AvgIpc) is 2.81. The largest absolute Gasteiger partial charge is 0.327 e. The third kappa shape index (κ3) is 3.63. The van der Waals surface area contributed by atoms with E-state index in [0.29, 0.717) is 29.9 Å². The first-order chi connectivity index (χ1) is 12.8. The summed E-state index contributed by atoms with van der Waals surface area (Å²) >= 11 is 6.05. The highest BCUT2D eigenvalue weighted by molar-refractivity contribution is 7.94. The van der Waals surface area contributed by atoms with E-state index in [0.717, 1.165) is 0 Å². The third-order valence-electron chi connectivity index (χ3n) is 4.54. The molecule has 0 radical (unpaired) electrons. The van der Waals surface area contributed by atoms with Crippen LogP contribution in [0.25, 0.3) is 0 Å². The quantitative estimate of drug-likeness (QED) is 0.778. The second-order valence-corrected chi connectivity index (χ2v) is 8.91. The summed E-state index contributed by atoms with van der Waals surface area (Å²) in [6.07, 6.45) is 0.468. The van der Waals surface area contributed by atoms with Crippen molar-refractivity contribution in [2.75, 3.05) is 22.2 Å². The summed E-state index contributed by atoms with van der Waals surface area (Å²) in [4.78, 5) is 0. The number of halogens is 2. The zero-order valence-corrected chi connectivity index (χ0v) is 17.1. The van der Waals surface area contributed by atoms with Crippen LogP contribution in [0, 0.1) is 5.82 Å². The second kappa shape index (κ2) is 7.66. The fourth-order valence-electron chi connectivity index (χ4n) is 3.52. The zero-order valence-electron chi connectivity index (χ0n) is 15.5. The van der Waals surface area contributed by atoms with Crippen molar-refractivity contribution in [2.45, 2.75) is 32.4 Å². The number of hydrogen-bond donors (Lipinski definition) is 1. The number of para-hydroxylation sites is 2. The molecule has 0 aromatic heterocycles. The van der Waals surface area contributed by atoms with Gasteiger partial charge in [0.1, 0.15) is 5.82 Å². The van der Waals surface area contributed by atoms with E-state index in [4.69, 9.17) is 11.6 Å². The first kappa shape index (κ1) is 19.9. The highest BCUT2D eigenvalue weighted by Crippen LogP contribution is 2.47. The van der Waals surface area contributed by atoms with E-state index < -0.39 is 22.1 Å². The summed E-state index contributed by atoms with van der Waals surface area (Å²) in [5.41, 5.74) is 1.75. The van der Waals surface area contributed by atoms with Crippen LogP contribution in [0.4, 0.5) is 15.8 Å². The Balaban J connectivity index is 2.19. The van der Waals surface area contributed by atoms with Crippen molar-refractivity contribution < 1.29 is 12.8 Å². The molecule has 2 aromatic carbocycles. The van der Waals surface area contributed by atoms with Crippen LogP contribution in [0.15, 0.2) is 42.5 Å². The lowest BCUT2D eigenvalue weighted by Crippen LogP contribution is -2.43. The van der Waals surface area contributed by atoms with E-state index >= 15 is 0 Å². The fraction of sp³-hybridized carbons (Fsp3) is 0.368. The topological polar surface area (TPSA) is 52.6 Å². The number of rotatable bonds is 6. The van der Waals surface area contributed by atoms with E-state index in [1.165, 1.54) is 20.7 Å². The summed E-state index contributed by atoms with van der Waals surface area (Å²) in [6, 6.07) is 10.6. The monoisotopic (exact) mass is 411 g/mol. The predicted molar refractivity (Wildman–Crippen MR) is 108 cm³/mol. The molecule has 0 saturated heterocycles. The van der Waals surface area contributed by atoms with Gasteiger partial charge in [0.25, 0.3) is 0 Å². The molecule has 1 atom stereocenters. The maximum Gasteiger partial charge on any atom is 0.327 e. The molecule has 1 heterocycles. The van der Waals surface area contributed by atoms with E-state index in [-0.39, 0.29) is 11.1 Å². The van der Waals surface area contributed by atoms with E-state index in [9.17, 15) is 12.8 Å². The maximum absolute atomic E-state index is 14.0. The van der Waals surface area contributed by atoms with Crippen molar-refractivity contribution in [1.82, 2.24) is 5.32 Å². The Hall–Kier alpha value is -1.83. The fourth-order valence-corrected chi connectivity index (χ4v) is 5.83. The Labute approximate surface area is 164 Å². The molecule has 1 N–H and O–H groups in total. The molecule has 0 amide bonds. The lowest BCUT2D eigenvalue weighted by molar-refractivity contribution is 0.555. The Bertz CT molecular complexity index is 916. The van der Waals surface area contributed by atoms with Crippen molar-refractivity contribution in [2.24, 2.45) is 0 Å². The lowest BCUT2D eigenvalue weighted by atomic mass is 10.0. The number of hydrogen-bond acceptors (Lipinski definition) is 3. The second-order valence-electron chi connectivity index (χ2n) is 6.79. The molecule has 0 spiro atoms. The summed E-state index contributed by atoms with van der Waals surface area (Å²) in [5.74, 6) is -0.488. The summed E-state index contributed by atoms with van der Waals surface area (Å²) in [7, 11) is -2.02. The van der Waals surface area contributed by atoms with Crippen molar-refractivity contribution >= 4 is 33.2 Å². The Morgan fingerprint density at radius 2 is 1.74 bits per heavy atom. The van der Waals surface area contributed by atoms with Gasteiger partial charge in [0, 0.05) is 11.1 Å². The van der Waals surface area contributed by atoms with E-state index in [1.54, 1.807) is 31.3 Å². The Kier molecular flexibility index (Phi) is 5.65. The average molecular weight is 412 g/mol. The molecule has 0 fully saturated rings. The van der Waals surface area contributed by atoms with Crippen LogP contribution in [0.3, 0.4) is 0 Å². The SMILES string of the molecule is CNCCC(c1cc(F)cc(Cl)c1)N1c2ccccc2N(C(C)C)S1(=O)=O. The molecule has 5 nitrogen and oxygen atoms in total. The van der Waals surface area contributed by atoms with Crippen molar-refractivity contribution in [3.8, 4) is 0 Å². The summed E-state index contributed by atoms with van der Waals surface area (Å²) in [5, 5.41) is 3.28. The van der Waals surface area contributed by atoms with Crippen molar-refractivity contribution in [1.29, 1.82) is 0 Å². The number of benzene rings is 2. The minimum atomic E-state index is -3.82. The van der Waals surface area contributed by atoms with Crippen LogP contribution < -0.4 is 13.9 Å². The Morgan fingerprint density at radius 3 is 2.30 bits per heavy atom. The van der Waals surface area contributed by atoms with Gasteiger partial charge in [0.15, 0.2) is 0 Å². The molecule has 27 heavy (non-hydrogen) atoms. The highest BCUT2D eigenvalue weighted by Gasteiger charge is 2.45. The standard InChI is InChI=1S/C19H23ClFN3O2S/c1-13(2)23-18-6-4-5-7-19(18)24(27(23,25)26)17(8-9-22-3)14-10-15(20)12-16(21)11-14/h4-7,10-13,17,22H,8-9H2,1-3H3. The molecule has 3 rings (SSSR count). The van der Waals surface area contributed by atoms with Gasteiger partial charge in [0.2, 0.25) is 0 Å². The highest BCUT2D eigenvalue weighted by atomic mass is 35.5. The van der Waals surface area contributed by atoms with Gasteiger partial charge in [0.05, 0.1) is 17.4 Å². The molecule has 0 saturated carbocycles.